The monoisotopic (exact) mass is 509 g/mol. The van der Waals surface area contributed by atoms with E-state index in [4.69, 9.17) is 0 Å². The molecule has 0 bridgehead atoms. The van der Waals surface area contributed by atoms with Crippen LogP contribution < -0.4 is 5.32 Å². The van der Waals surface area contributed by atoms with Crippen LogP contribution >= 0.6 is 0 Å². The summed E-state index contributed by atoms with van der Waals surface area (Å²) in [5.74, 6) is -0.751. The molecule has 3 rings (SSSR count). The summed E-state index contributed by atoms with van der Waals surface area (Å²) in [5, 5.41) is 15.5. The van der Waals surface area contributed by atoms with Gasteiger partial charge < -0.3 is 10.4 Å². The lowest BCUT2D eigenvalue weighted by Gasteiger charge is -2.12. The van der Waals surface area contributed by atoms with E-state index >= 15 is 0 Å². The molecule has 2 N–H and O–H groups in total. The molecule has 2 aromatic carbocycles. The molecule has 1 heterocycles. The molecule has 0 aliphatic rings. The lowest BCUT2D eigenvalue weighted by molar-refractivity contribution is -0.123. The van der Waals surface area contributed by atoms with Crippen LogP contribution in [0.15, 0.2) is 53.4 Å². The fraction of sp³-hybridized carbons (Fsp3) is 0.333. The number of nitrogens with one attached hydrogen (secondary N) is 1. The number of rotatable bonds is 8. The molecule has 3 aromatic rings. The number of sulfone groups is 1. The van der Waals surface area contributed by atoms with Gasteiger partial charge in [-0.1, -0.05) is 50.2 Å². The second-order valence-electron chi connectivity index (χ2n) is 8.62. The number of alkyl halides is 3. The van der Waals surface area contributed by atoms with E-state index in [1.54, 1.807) is 41.1 Å². The number of nitrogens with zero attached hydrogens (tertiary/aromatic N) is 2. The molecule has 0 aliphatic carbocycles. The van der Waals surface area contributed by atoms with Gasteiger partial charge in [-0.3, -0.25) is 9.48 Å². The number of amides is 1. The first-order valence-electron chi connectivity index (χ1n) is 10.8. The Kier molecular flexibility index (Phi) is 7.71. The molecule has 0 spiro atoms. The van der Waals surface area contributed by atoms with Crippen LogP contribution in [0.3, 0.4) is 0 Å². The third-order valence-electron chi connectivity index (χ3n) is 5.15. The van der Waals surface area contributed by atoms with E-state index in [0.717, 1.165) is 11.8 Å². The zero-order valence-electron chi connectivity index (χ0n) is 19.4. The number of halogens is 3. The van der Waals surface area contributed by atoms with Gasteiger partial charge in [0.05, 0.1) is 17.2 Å². The first-order valence-corrected chi connectivity index (χ1v) is 12.6. The Morgan fingerprint density at radius 2 is 1.66 bits per heavy atom. The minimum absolute atomic E-state index is 0.0473. The van der Waals surface area contributed by atoms with Crippen LogP contribution in [0.1, 0.15) is 29.9 Å². The van der Waals surface area contributed by atoms with Gasteiger partial charge in [-0.25, -0.2) is 8.42 Å². The second-order valence-corrected chi connectivity index (χ2v) is 10.6. The highest BCUT2D eigenvalue weighted by molar-refractivity contribution is 7.90. The van der Waals surface area contributed by atoms with Gasteiger partial charge in [0.1, 0.15) is 6.54 Å². The van der Waals surface area contributed by atoms with E-state index in [0.29, 0.717) is 28.9 Å². The summed E-state index contributed by atoms with van der Waals surface area (Å²) < 4.78 is 63.2. The van der Waals surface area contributed by atoms with E-state index < -0.39 is 35.1 Å². The summed E-state index contributed by atoms with van der Waals surface area (Å²) in [7, 11) is -3.54. The van der Waals surface area contributed by atoms with Crippen molar-refractivity contribution < 1.29 is 31.5 Å². The van der Waals surface area contributed by atoms with Crippen molar-refractivity contribution in [1.29, 1.82) is 0 Å². The van der Waals surface area contributed by atoms with Gasteiger partial charge >= 0.3 is 6.18 Å². The van der Waals surface area contributed by atoms with Crippen LogP contribution in [-0.4, -0.2) is 48.2 Å². The molecule has 188 valence electrons. The highest BCUT2D eigenvalue weighted by Gasteiger charge is 2.28. The highest BCUT2D eigenvalue weighted by atomic mass is 32.2. The number of aromatic nitrogens is 2. The fourth-order valence-electron chi connectivity index (χ4n) is 3.56. The Balaban J connectivity index is 1.95. The summed E-state index contributed by atoms with van der Waals surface area (Å²) >= 11 is 0. The van der Waals surface area contributed by atoms with Gasteiger partial charge in [0, 0.05) is 12.8 Å². The van der Waals surface area contributed by atoms with Crippen molar-refractivity contribution >= 4 is 15.7 Å². The maximum Gasteiger partial charge on any atom is 0.405 e. The van der Waals surface area contributed by atoms with Crippen LogP contribution in [-0.2, 0) is 23.0 Å². The summed E-state index contributed by atoms with van der Waals surface area (Å²) in [6, 6.07) is 13.3. The van der Waals surface area contributed by atoms with Gasteiger partial charge in [0.2, 0.25) is 0 Å². The van der Waals surface area contributed by atoms with Crippen LogP contribution in [0, 0.1) is 5.92 Å². The van der Waals surface area contributed by atoms with Gasteiger partial charge in [-0.2, -0.15) is 18.3 Å². The largest absolute Gasteiger partial charge is 0.405 e. The molecular weight excluding hydrogens is 483 g/mol. The van der Waals surface area contributed by atoms with Crippen molar-refractivity contribution in [2.75, 3.05) is 12.8 Å². The Morgan fingerprint density at radius 1 is 1.06 bits per heavy atom. The first kappa shape index (κ1) is 26.4. The van der Waals surface area contributed by atoms with Crippen molar-refractivity contribution in [2.45, 2.75) is 38.1 Å². The Labute approximate surface area is 201 Å². The lowest BCUT2D eigenvalue weighted by atomic mass is 10.0. The Morgan fingerprint density at radius 3 is 2.20 bits per heavy atom. The van der Waals surface area contributed by atoms with Crippen LogP contribution in [0.5, 0.6) is 0 Å². The van der Waals surface area contributed by atoms with Crippen molar-refractivity contribution in [1.82, 2.24) is 15.1 Å². The normalized spacial score (nSPS) is 12.2. The van der Waals surface area contributed by atoms with Crippen LogP contribution in [0.4, 0.5) is 13.2 Å². The average molecular weight is 510 g/mol. The Hall–Kier alpha value is -3.18. The minimum atomic E-state index is -4.53. The third-order valence-corrected chi connectivity index (χ3v) is 6.33. The first-order chi connectivity index (χ1) is 16.3. The zero-order valence-corrected chi connectivity index (χ0v) is 20.2. The second kappa shape index (κ2) is 10.2. The van der Waals surface area contributed by atoms with Crippen molar-refractivity contribution in [2.24, 2.45) is 5.92 Å². The molecule has 0 saturated carbocycles. The molecule has 0 aliphatic heterocycles. The van der Waals surface area contributed by atoms with Gasteiger partial charge in [-0.15, -0.1) is 0 Å². The van der Waals surface area contributed by atoms with Gasteiger partial charge in [0.25, 0.3) is 5.91 Å². The number of benzene rings is 2. The molecule has 0 radical (unpaired) electrons. The van der Waals surface area contributed by atoms with Crippen molar-refractivity contribution in [3.63, 3.8) is 0 Å². The molecule has 7 nitrogen and oxygen atoms in total. The maximum absolute atomic E-state index is 12.5. The summed E-state index contributed by atoms with van der Waals surface area (Å²) in [5.41, 5.74) is 2.80. The molecule has 0 saturated heterocycles. The van der Waals surface area contributed by atoms with E-state index in [1.807, 2.05) is 19.2 Å². The van der Waals surface area contributed by atoms with Crippen molar-refractivity contribution in [3.8, 4) is 22.4 Å². The smallest absolute Gasteiger partial charge is 0.392 e. The average Bonchev–Trinajstić information content (AvgIpc) is 3.19. The van der Waals surface area contributed by atoms with Crippen LogP contribution in [0.25, 0.3) is 22.4 Å². The third kappa shape index (κ3) is 6.70. The molecule has 1 aromatic heterocycles. The summed E-state index contributed by atoms with van der Waals surface area (Å²) in [6.07, 6.45) is -3.45. The highest BCUT2D eigenvalue weighted by Crippen LogP contribution is 2.29. The molecule has 0 atom stereocenters. The van der Waals surface area contributed by atoms with Crippen LogP contribution in [0.2, 0.25) is 0 Å². The van der Waals surface area contributed by atoms with E-state index in [-0.39, 0.29) is 16.5 Å². The predicted molar refractivity (Wildman–Crippen MR) is 125 cm³/mol. The predicted octanol–water partition coefficient (Wildman–Crippen LogP) is 4.06. The topological polar surface area (TPSA) is 101 Å². The zero-order chi connectivity index (χ0) is 26.0. The van der Waals surface area contributed by atoms with E-state index in [1.165, 1.54) is 12.1 Å². The summed E-state index contributed by atoms with van der Waals surface area (Å²) in [4.78, 5) is 12.3. The Bertz CT molecular complexity index is 1310. The van der Waals surface area contributed by atoms with E-state index in [2.05, 4.69) is 5.10 Å². The quantitative estimate of drug-likeness (QED) is 0.477. The lowest BCUT2D eigenvalue weighted by Crippen LogP contribution is -2.34. The van der Waals surface area contributed by atoms with Gasteiger partial charge in [-0.05, 0) is 40.3 Å². The van der Waals surface area contributed by atoms with Gasteiger partial charge in [0.15, 0.2) is 15.5 Å². The number of carbonyl (C=O) groups is 1. The number of aliphatic hydroxyl groups is 1. The van der Waals surface area contributed by atoms with E-state index in [9.17, 15) is 31.5 Å². The van der Waals surface area contributed by atoms with Crippen molar-refractivity contribution in [3.05, 3.63) is 59.8 Å². The molecular formula is C24H26F3N3O4S. The number of hydrogen-bond donors (Lipinski definition) is 2. The summed E-state index contributed by atoms with van der Waals surface area (Å²) in [6.45, 7) is 2.50. The molecule has 0 unspecified atom stereocenters. The standard InChI is InChI=1S/C24H26F3N3O4S/c1-15(2)12-30-21(11-20(29-30)23(32)28-14-24(25,26)27)17-6-4-16(5-7-17)18-8-9-19(13-31)22(10-18)35(3,33)34/h4-11,15,31H,12-14H2,1-3H3,(H,28,32). The molecule has 35 heavy (non-hydrogen) atoms. The number of aliphatic hydroxyl groups excluding tert-OH is 1. The fourth-order valence-corrected chi connectivity index (χ4v) is 4.51. The number of hydrogen-bond acceptors (Lipinski definition) is 5. The molecule has 1 amide bonds. The molecule has 11 heteroatoms. The number of carbonyl (C=O) groups excluding carboxylic acids is 1. The molecule has 0 fully saturated rings. The SMILES string of the molecule is CC(C)Cn1nc(C(=O)NCC(F)(F)F)cc1-c1ccc(-c2ccc(CO)c(S(C)(=O)=O)c2)cc1. The minimum Gasteiger partial charge on any atom is -0.392 e. The maximum atomic E-state index is 12.5.